The molecule has 1 aliphatic rings. The molecular weight excluding hydrogens is 261 g/mol. The first-order chi connectivity index (χ1) is 4.86. The molecule has 0 aliphatic carbocycles. The molecule has 1 heterocycles. The summed E-state index contributed by atoms with van der Waals surface area (Å²) in [6.07, 6.45) is 4.06. The molecule has 0 amide bonds. The van der Waals surface area contributed by atoms with Crippen LogP contribution in [0.15, 0.2) is 0 Å². The van der Waals surface area contributed by atoms with E-state index in [1.54, 1.807) is 0 Å². The molecule has 74 valence electrons. The summed E-state index contributed by atoms with van der Waals surface area (Å²) in [6.45, 7) is 9.36. The maximum absolute atomic E-state index is 2.52. The Labute approximate surface area is 93.9 Å². The van der Waals surface area contributed by atoms with Gasteiger partial charge in [0.2, 0.25) is 0 Å². The van der Waals surface area contributed by atoms with Crippen molar-refractivity contribution in [1.29, 1.82) is 0 Å². The lowest BCUT2D eigenvalue weighted by Crippen LogP contribution is -2.56. The van der Waals surface area contributed by atoms with Gasteiger partial charge in [-0.1, -0.05) is 0 Å². The van der Waals surface area contributed by atoms with Crippen LogP contribution < -0.4 is 0 Å². The third-order valence-corrected chi connectivity index (χ3v) is 3.39. The molecule has 1 aliphatic heterocycles. The van der Waals surface area contributed by atoms with Crippen LogP contribution in [0, 0.1) is 0 Å². The lowest BCUT2D eigenvalue weighted by atomic mass is 9.80. The van der Waals surface area contributed by atoms with Gasteiger partial charge in [-0.25, -0.2) is 0 Å². The van der Waals surface area contributed by atoms with E-state index in [-0.39, 0.29) is 24.0 Å². The van der Waals surface area contributed by atoms with Crippen molar-refractivity contribution < 1.29 is 0 Å². The van der Waals surface area contributed by atoms with Crippen molar-refractivity contribution in [3.05, 3.63) is 0 Å². The predicted molar refractivity (Wildman–Crippen MR) is 65.2 cm³/mol. The molecule has 1 fully saturated rings. The molecule has 0 saturated carbocycles. The average molecular weight is 283 g/mol. The van der Waals surface area contributed by atoms with Crippen LogP contribution >= 0.6 is 24.0 Å². The van der Waals surface area contributed by atoms with Gasteiger partial charge >= 0.3 is 0 Å². The second kappa shape index (κ2) is 3.82. The Morgan fingerprint density at radius 2 is 1.25 bits per heavy atom. The second-order valence-electron chi connectivity index (χ2n) is 5.04. The van der Waals surface area contributed by atoms with Crippen LogP contribution in [0.2, 0.25) is 0 Å². The van der Waals surface area contributed by atoms with E-state index in [4.69, 9.17) is 0 Å². The molecule has 2 heteroatoms. The third kappa shape index (κ3) is 2.34. The number of halogens is 1. The van der Waals surface area contributed by atoms with E-state index in [9.17, 15) is 0 Å². The highest BCUT2D eigenvalue weighted by Crippen LogP contribution is 2.36. The highest BCUT2D eigenvalue weighted by molar-refractivity contribution is 14.0. The molecule has 0 aromatic carbocycles. The Morgan fingerprint density at radius 3 is 1.50 bits per heavy atom. The maximum atomic E-state index is 2.52. The number of rotatable bonds is 0. The van der Waals surface area contributed by atoms with Crippen molar-refractivity contribution in [2.75, 3.05) is 7.05 Å². The number of piperidine rings is 1. The zero-order valence-corrected chi connectivity index (χ0v) is 11.3. The van der Waals surface area contributed by atoms with Crippen molar-refractivity contribution >= 4 is 24.0 Å². The third-order valence-electron chi connectivity index (χ3n) is 3.39. The van der Waals surface area contributed by atoms with Crippen LogP contribution in [0.4, 0.5) is 0 Å². The van der Waals surface area contributed by atoms with E-state index < -0.39 is 0 Å². The Bertz CT molecular complexity index is 136. The number of hydrogen-bond acceptors (Lipinski definition) is 1. The van der Waals surface area contributed by atoms with Crippen molar-refractivity contribution in [3.63, 3.8) is 0 Å². The summed E-state index contributed by atoms with van der Waals surface area (Å²) in [5.74, 6) is 0. The highest BCUT2D eigenvalue weighted by Gasteiger charge is 2.37. The first-order valence-corrected chi connectivity index (χ1v) is 4.60. The summed E-state index contributed by atoms with van der Waals surface area (Å²) >= 11 is 0. The average Bonchev–Trinajstić information content (AvgIpc) is 1.82. The standard InChI is InChI=1S/C10H21N.HI/c1-9(2)7-6-8-10(3,4)11(9)5;/h6-8H2,1-5H3;1H. The monoisotopic (exact) mass is 283 g/mol. The van der Waals surface area contributed by atoms with Crippen LogP contribution in [-0.4, -0.2) is 23.0 Å². The van der Waals surface area contributed by atoms with Gasteiger partial charge in [0.25, 0.3) is 0 Å². The molecular formula is C10H22IN. The zero-order valence-electron chi connectivity index (χ0n) is 8.98. The lowest BCUT2D eigenvalue weighted by Gasteiger charge is -2.50. The summed E-state index contributed by atoms with van der Waals surface area (Å²) in [5, 5.41) is 0. The molecule has 1 rings (SSSR count). The van der Waals surface area contributed by atoms with E-state index >= 15 is 0 Å². The molecule has 0 unspecified atom stereocenters. The molecule has 0 N–H and O–H groups in total. The topological polar surface area (TPSA) is 3.24 Å². The van der Waals surface area contributed by atoms with Gasteiger partial charge in [0, 0.05) is 11.1 Å². The van der Waals surface area contributed by atoms with Crippen molar-refractivity contribution in [1.82, 2.24) is 4.90 Å². The van der Waals surface area contributed by atoms with Crippen LogP contribution in [0.3, 0.4) is 0 Å². The van der Waals surface area contributed by atoms with Crippen molar-refractivity contribution in [3.8, 4) is 0 Å². The highest BCUT2D eigenvalue weighted by atomic mass is 127. The Hall–Kier alpha value is 0.690. The molecule has 0 atom stereocenters. The van der Waals surface area contributed by atoms with Crippen LogP contribution in [0.1, 0.15) is 47.0 Å². The van der Waals surface area contributed by atoms with Crippen molar-refractivity contribution in [2.24, 2.45) is 0 Å². The number of hydrogen-bond donors (Lipinski definition) is 0. The van der Waals surface area contributed by atoms with Gasteiger partial charge in [0.15, 0.2) is 0 Å². The van der Waals surface area contributed by atoms with Crippen LogP contribution in [0.25, 0.3) is 0 Å². The van der Waals surface area contributed by atoms with Crippen LogP contribution in [-0.2, 0) is 0 Å². The Kier molecular flexibility index (Phi) is 4.04. The fourth-order valence-electron chi connectivity index (χ4n) is 2.11. The Morgan fingerprint density at radius 1 is 0.917 bits per heavy atom. The molecule has 12 heavy (non-hydrogen) atoms. The summed E-state index contributed by atoms with van der Waals surface area (Å²) in [4.78, 5) is 2.52. The number of likely N-dealkylation sites (tertiary alicyclic amines) is 1. The van der Waals surface area contributed by atoms with Gasteiger partial charge in [-0.2, -0.15) is 0 Å². The zero-order chi connectivity index (χ0) is 8.70. The van der Waals surface area contributed by atoms with Gasteiger partial charge < -0.3 is 0 Å². The predicted octanol–water partition coefficient (Wildman–Crippen LogP) is 3.28. The van der Waals surface area contributed by atoms with E-state index in [0.29, 0.717) is 11.1 Å². The maximum Gasteiger partial charge on any atom is 0.0155 e. The molecule has 1 saturated heterocycles. The van der Waals surface area contributed by atoms with Gasteiger partial charge in [-0.05, 0) is 54.0 Å². The molecule has 0 aromatic rings. The molecule has 0 bridgehead atoms. The summed E-state index contributed by atoms with van der Waals surface area (Å²) in [7, 11) is 2.25. The minimum atomic E-state index is 0. The minimum absolute atomic E-state index is 0. The van der Waals surface area contributed by atoms with E-state index in [0.717, 1.165) is 0 Å². The first-order valence-electron chi connectivity index (χ1n) is 4.60. The first kappa shape index (κ1) is 12.7. The fraction of sp³-hybridized carbons (Fsp3) is 1.00. The van der Waals surface area contributed by atoms with E-state index in [2.05, 4.69) is 39.6 Å². The van der Waals surface area contributed by atoms with Crippen molar-refractivity contribution in [2.45, 2.75) is 58.0 Å². The lowest BCUT2D eigenvalue weighted by molar-refractivity contribution is -0.00199. The van der Waals surface area contributed by atoms with Gasteiger partial charge in [-0.15, -0.1) is 24.0 Å². The SMILES string of the molecule is CN1C(C)(C)CCCC1(C)C.I. The fourth-order valence-corrected chi connectivity index (χ4v) is 2.11. The molecule has 0 aromatic heterocycles. The molecule has 0 spiro atoms. The summed E-state index contributed by atoms with van der Waals surface area (Å²) in [5.41, 5.74) is 0.809. The summed E-state index contributed by atoms with van der Waals surface area (Å²) < 4.78 is 0. The minimum Gasteiger partial charge on any atom is -0.296 e. The smallest absolute Gasteiger partial charge is 0.0155 e. The van der Waals surface area contributed by atoms with Gasteiger partial charge in [-0.3, -0.25) is 4.90 Å². The van der Waals surface area contributed by atoms with Gasteiger partial charge in [0.05, 0.1) is 0 Å². The normalized spacial score (nSPS) is 27.8. The van der Waals surface area contributed by atoms with Gasteiger partial charge in [0.1, 0.15) is 0 Å². The molecule has 0 radical (unpaired) electrons. The summed E-state index contributed by atoms with van der Waals surface area (Å²) in [6, 6.07) is 0. The second-order valence-corrected chi connectivity index (χ2v) is 5.04. The molecule has 1 nitrogen and oxygen atoms in total. The Balaban J connectivity index is 0.00000121. The van der Waals surface area contributed by atoms with E-state index in [1.807, 2.05) is 0 Å². The van der Waals surface area contributed by atoms with E-state index in [1.165, 1.54) is 19.3 Å². The van der Waals surface area contributed by atoms with Crippen LogP contribution in [0.5, 0.6) is 0 Å². The largest absolute Gasteiger partial charge is 0.296 e. The quantitative estimate of drug-likeness (QED) is 0.617. The number of nitrogens with zero attached hydrogens (tertiary/aromatic N) is 1.